The molecule has 2 rings (SSSR count). The summed E-state index contributed by atoms with van der Waals surface area (Å²) in [6.07, 6.45) is 3.67. The van der Waals surface area contributed by atoms with Crippen molar-refractivity contribution in [3.63, 3.8) is 0 Å². The fraction of sp³-hybridized carbons (Fsp3) is 0.647. The molecule has 0 spiro atoms. The van der Waals surface area contributed by atoms with Gasteiger partial charge in [0, 0.05) is 24.2 Å². The summed E-state index contributed by atoms with van der Waals surface area (Å²) in [5, 5.41) is 4.44. The van der Waals surface area contributed by atoms with Crippen molar-refractivity contribution >= 4 is 11.6 Å². The summed E-state index contributed by atoms with van der Waals surface area (Å²) >= 11 is 6.12. The lowest BCUT2D eigenvalue weighted by Gasteiger charge is -2.23. The third kappa shape index (κ3) is 5.82. The van der Waals surface area contributed by atoms with Crippen LogP contribution >= 0.6 is 11.6 Å². The first-order chi connectivity index (χ1) is 9.44. The van der Waals surface area contributed by atoms with Gasteiger partial charge in [0.2, 0.25) is 0 Å². The molecule has 0 radical (unpaired) electrons. The minimum Gasteiger partial charge on any atom is -0.376 e. The molecular weight excluding hydrogens is 270 g/mol. The molecule has 1 aliphatic rings. The molecule has 112 valence electrons. The van der Waals surface area contributed by atoms with Gasteiger partial charge in [0.25, 0.3) is 0 Å². The third-order valence-corrected chi connectivity index (χ3v) is 3.79. The normalized spacial score (nSPS) is 17.2. The maximum atomic E-state index is 6.12. The first-order valence-corrected chi connectivity index (χ1v) is 7.95. The first-order valence-electron chi connectivity index (χ1n) is 7.57. The molecule has 0 bridgehead atoms. The Kier molecular flexibility index (Phi) is 5.48. The van der Waals surface area contributed by atoms with Crippen molar-refractivity contribution in [1.29, 1.82) is 0 Å². The van der Waals surface area contributed by atoms with E-state index in [1.165, 1.54) is 18.4 Å². The number of nitrogens with one attached hydrogen (secondary N) is 1. The standard InChI is InChI=1S/C17H26ClNO/c1-17(2,3)20-10-9-14(12-19-16-7-8-16)13-5-4-6-15(18)11-13/h4-6,11,14,16,19H,7-10,12H2,1-3H3. The van der Waals surface area contributed by atoms with Gasteiger partial charge in [0.05, 0.1) is 5.60 Å². The molecule has 0 saturated heterocycles. The second-order valence-corrected chi connectivity index (χ2v) is 7.12. The van der Waals surface area contributed by atoms with Gasteiger partial charge in [-0.15, -0.1) is 0 Å². The minimum absolute atomic E-state index is 0.0667. The molecule has 1 unspecified atom stereocenters. The van der Waals surface area contributed by atoms with Crippen LogP contribution in [0.2, 0.25) is 5.02 Å². The molecule has 1 atom stereocenters. The third-order valence-electron chi connectivity index (χ3n) is 3.55. The van der Waals surface area contributed by atoms with Crippen LogP contribution in [0.3, 0.4) is 0 Å². The van der Waals surface area contributed by atoms with E-state index in [0.29, 0.717) is 5.92 Å². The van der Waals surface area contributed by atoms with Gasteiger partial charge in [0.15, 0.2) is 0 Å². The molecule has 1 saturated carbocycles. The van der Waals surface area contributed by atoms with Crippen LogP contribution in [0, 0.1) is 0 Å². The van der Waals surface area contributed by atoms with E-state index >= 15 is 0 Å². The summed E-state index contributed by atoms with van der Waals surface area (Å²) in [6.45, 7) is 8.10. The van der Waals surface area contributed by atoms with Crippen molar-refractivity contribution in [2.45, 2.75) is 57.6 Å². The molecule has 0 aliphatic heterocycles. The van der Waals surface area contributed by atoms with Crippen molar-refractivity contribution in [2.75, 3.05) is 13.2 Å². The highest BCUT2D eigenvalue weighted by molar-refractivity contribution is 6.30. The number of benzene rings is 1. The van der Waals surface area contributed by atoms with Crippen LogP contribution in [0.1, 0.15) is 51.5 Å². The van der Waals surface area contributed by atoms with Crippen LogP contribution in [-0.4, -0.2) is 24.8 Å². The summed E-state index contributed by atoms with van der Waals surface area (Å²) in [7, 11) is 0. The van der Waals surface area contributed by atoms with Crippen molar-refractivity contribution in [2.24, 2.45) is 0 Å². The van der Waals surface area contributed by atoms with E-state index in [1.807, 2.05) is 12.1 Å². The highest BCUT2D eigenvalue weighted by Gasteiger charge is 2.23. The van der Waals surface area contributed by atoms with Gasteiger partial charge in [-0.2, -0.15) is 0 Å². The van der Waals surface area contributed by atoms with E-state index in [-0.39, 0.29) is 5.60 Å². The van der Waals surface area contributed by atoms with E-state index in [0.717, 1.165) is 30.6 Å². The maximum absolute atomic E-state index is 6.12. The van der Waals surface area contributed by atoms with Crippen molar-refractivity contribution < 1.29 is 4.74 Å². The highest BCUT2D eigenvalue weighted by Crippen LogP contribution is 2.25. The molecule has 2 nitrogen and oxygen atoms in total. The van der Waals surface area contributed by atoms with Gasteiger partial charge >= 0.3 is 0 Å². The molecule has 1 aromatic carbocycles. The molecule has 3 heteroatoms. The Morgan fingerprint density at radius 1 is 1.35 bits per heavy atom. The minimum atomic E-state index is -0.0667. The fourth-order valence-corrected chi connectivity index (χ4v) is 2.45. The molecular formula is C17H26ClNO. The number of ether oxygens (including phenoxy) is 1. The molecule has 1 aliphatic carbocycles. The zero-order valence-electron chi connectivity index (χ0n) is 12.8. The van der Waals surface area contributed by atoms with Gasteiger partial charge < -0.3 is 10.1 Å². The molecule has 1 N–H and O–H groups in total. The van der Waals surface area contributed by atoms with Crippen molar-refractivity contribution in [1.82, 2.24) is 5.32 Å². The molecule has 1 aromatic rings. The average molecular weight is 296 g/mol. The van der Waals surface area contributed by atoms with E-state index in [4.69, 9.17) is 16.3 Å². The van der Waals surface area contributed by atoms with E-state index < -0.39 is 0 Å². The Hall–Kier alpha value is -0.570. The predicted octanol–water partition coefficient (Wildman–Crippen LogP) is 4.38. The number of hydrogen-bond donors (Lipinski definition) is 1. The maximum Gasteiger partial charge on any atom is 0.0598 e. The Morgan fingerprint density at radius 3 is 2.70 bits per heavy atom. The lowest BCUT2D eigenvalue weighted by Crippen LogP contribution is -2.26. The van der Waals surface area contributed by atoms with Crippen LogP contribution in [0.15, 0.2) is 24.3 Å². The van der Waals surface area contributed by atoms with Crippen LogP contribution in [0.4, 0.5) is 0 Å². The predicted molar refractivity (Wildman–Crippen MR) is 85.5 cm³/mol. The SMILES string of the molecule is CC(C)(C)OCCC(CNC1CC1)c1cccc(Cl)c1. The van der Waals surface area contributed by atoms with Gasteiger partial charge in [-0.25, -0.2) is 0 Å². The Labute approximate surface area is 127 Å². The Balaban J connectivity index is 1.92. The largest absolute Gasteiger partial charge is 0.376 e. The molecule has 0 heterocycles. The van der Waals surface area contributed by atoms with Crippen LogP contribution in [0.5, 0.6) is 0 Å². The molecule has 1 fully saturated rings. The average Bonchev–Trinajstić information content (AvgIpc) is 3.16. The van der Waals surface area contributed by atoms with Gasteiger partial charge in [0.1, 0.15) is 0 Å². The summed E-state index contributed by atoms with van der Waals surface area (Å²) in [4.78, 5) is 0. The smallest absolute Gasteiger partial charge is 0.0598 e. The van der Waals surface area contributed by atoms with Crippen molar-refractivity contribution in [3.8, 4) is 0 Å². The van der Waals surface area contributed by atoms with Gasteiger partial charge in [-0.3, -0.25) is 0 Å². The van der Waals surface area contributed by atoms with E-state index in [1.54, 1.807) is 0 Å². The molecule has 20 heavy (non-hydrogen) atoms. The van der Waals surface area contributed by atoms with E-state index in [2.05, 4.69) is 38.2 Å². The summed E-state index contributed by atoms with van der Waals surface area (Å²) in [5.74, 6) is 0.469. The second-order valence-electron chi connectivity index (χ2n) is 6.68. The zero-order valence-corrected chi connectivity index (χ0v) is 13.5. The summed E-state index contributed by atoms with van der Waals surface area (Å²) in [5.41, 5.74) is 1.24. The number of hydrogen-bond acceptors (Lipinski definition) is 2. The lowest BCUT2D eigenvalue weighted by atomic mass is 9.96. The van der Waals surface area contributed by atoms with Crippen LogP contribution in [0.25, 0.3) is 0 Å². The van der Waals surface area contributed by atoms with Gasteiger partial charge in [-0.1, -0.05) is 23.7 Å². The second kappa shape index (κ2) is 6.93. The first kappa shape index (κ1) is 15.8. The Morgan fingerprint density at radius 2 is 2.10 bits per heavy atom. The topological polar surface area (TPSA) is 21.3 Å². The number of halogens is 1. The zero-order chi connectivity index (χ0) is 14.6. The monoisotopic (exact) mass is 295 g/mol. The van der Waals surface area contributed by atoms with E-state index in [9.17, 15) is 0 Å². The molecule has 0 aromatic heterocycles. The van der Waals surface area contributed by atoms with Crippen molar-refractivity contribution in [3.05, 3.63) is 34.9 Å². The molecule has 0 amide bonds. The quantitative estimate of drug-likeness (QED) is 0.806. The summed E-state index contributed by atoms with van der Waals surface area (Å²) < 4.78 is 5.87. The Bertz CT molecular complexity index is 423. The summed E-state index contributed by atoms with van der Waals surface area (Å²) in [6, 6.07) is 8.95. The number of rotatable bonds is 7. The lowest BCUT2D eigenvalue weighted by molar-refractivity contribution is -0.00624. The highest BCUT2D eigenvalue weighted by atomic mass is 35.5. The van der Waals surface area contributed by atoms with Crippen LogP contribution < -0.4 is 5.32 Å². The van der Waals surface area contributed by atoms with Gasteiger partial charge in [-0.05, 0) is 63.6 Å². The van der Waals surface area contributed by atoms with Crippen LogP contribution in [-0.2, 0) is 4.74 Å². The fourth-order valence-electron chi connectivity index (χ4n) is 2.25.